The summed E-state index contributed by atoms with van der Waals surface area (Å²) in [5, 5.41) is 24.3. The van der Waals surface area contributed by atoms with Crippen molar-refractivity contribution in [3.8, 4) is 0 Å². The molecule has 1 aromatic carbocycles. The molecule has 0 bridgehead atoms. The predicted octanol–water partition coefficient (Wildman–Crippen LogP) is 0.609. The first-order valence-electron chi connectivity index (χ1n) is 5.94. The van der Waals surface area contributed by atoms with Gasteiger partial charge in [0, 0.05) is 37.9 Å². The number of nitro benzene ring substituents is 2. The number of amides is 2. The van der Waals surface area contributed by atoms with E-state index in [2.05, 4.69) is 0 Å². The number of imide groups is 1. The molecule has 1 aromatic rings. The lowest BCUT2D eigenvalue weighted by molar-refractivity contribution is -0.392. The Morgan fingerprint density at radius 1 is 1.05 bits per heavy atom. The van der Waals surface area contributed by atoms with Crippen LogP contribution in [0.5, 0.6) is 0 Å². The van der Waals surface area contributed by atoms with E-state index in [4.69, 9.17) is 0 Å². The van der Waals surface area contributed by atoms with Crippen LogP contribution in [0.4, 0.5) is 17.1 Å². The van der Waals surface area contributed by atoms with E-state index in [0.29, 0.717) is 0 Å². The Morgan fingerprint density at radius 2 is 1.55 bits per heavy atom. The molecule has 0 aliphatic carbocycles. The van der Waals surface area contributed by atoms with Gasteiger partial charge in [-0.05, 0) is 0 Å². The third kappa shape index (κ3) is 2.49. The van der Waals surface area contributed by atoms with Gasteiger partial charge in [-0.25, -0.2) is 0 Å². The third-order valence-corrected chi connectivity index (χ3v) is 2.98. The van der Waals surface area contributed by atoms with Gasteiger partial charge in [-0.15, -0.1) is 0 Å². The highest BCUT2D eigenvalue weighted by Gasteiger charge is 2.32. The Balaban J connectivity index is 2.76. The predicted molar refractivity (Wildman–Crippen MR) is 75.2 cm³/mol. The Hall–Kier alpha value is -3.30. The summed E-state index contributed by atoms with van der Waals surface area (Å²) in [6, 6.07) is 2.07. The van der Waals surface area contributed by atoms with Crippen molar-refractivity contribution in [1.29, 1.82) is 0 Å². The van der Waals surface area contributed by atoms with Crippen LogP contribution in [0.2, 0.25) is 0 Å². The standard InChI is InChI=1S/C12H10N4O6/c1-14(2)11-8(15(19)20)3-6(4-9(11)16(21)22)7-5-10(17)13-12(7)18/h3-5H,1-2H3,(H,13,17,18). The van der Waals surface area contributed by atoms with Crippen LogP contribution in [0.3, 0.4) is 0 Å². The molecule has 22 heavy (non-hydrogen) atoms. The number of carbonyl (C=O) groups is 2. The summed E-state index contributed by atoms with van der Waals surface area (Å²) >= 11 is 0. The smallest absolute Gasteiger partial charge is 0.300 e. The lowest BCUT2D eigenvalue weighted by atomic mass is 10.0. The fraction of sp³-hybridized carbons (Fsp3) is 0.167. The van der Waals surface area contributed by atoms with Gasteiger partial charge in [0.25, 0.3) is 23.2 Å². The van der Waals surface area contributed by atoms with Gasteiger partial charge >= 0.3 is 0 Å². The fourth-order valence-electron chi connectivity index (χ4n) is 2.12. The van der Waals surface area contributed by atoms with Crippen LogP contribution < -0.4 is 10.2 Å². The van der Waals surface area contributed by atoms with Gasteiger partial charge in [0.1, 0.15) is 0 Å². The van der Waals surface area contributed by atoms with Crippen molar-refractivity contribution in [3.05, 3.63) is 44.0 Å². The van der Waals surface area contributed by atoms with Crippen LogP contribution in [-0.4, -0.2) is 35.8 Å². The molecule has 0 spiro atoms. The molecule has 0 saturated heterocycles. The van der Waals surface area contributed by atoms with Gasteiger partial charge in [-0.3, -0.25) is 35.1 Å². The topological polar surface area (TPSA) is 136 Å². The molecule has 0 radical (unpaired) electrons. The van der Waals surface area contributed by atoms with Crippen LogP contribution in [0.1, 0.15) is 5.56 Å². The van der Waals surface area contributed by atoms with E-state index >= 15 is 0 Å². The van der Waals surface area contributed by atoms with Gasteiger partial charge in [-0.2, -0.15) is 0 Å². The molecule has 1 aliphatic rings. The minimum absolute atomic E-state index is 0.0626. The Morgan fingerprint density at radius 3 is 1.86 bits per heavy atom. The molecule has 1 aliphatic heterocycles. The zero-order valence-electron chi connectivity index (χ0n) is 11.5. The summed E-state index contributed by atoms with van der Waals surface area (Å²) in [6.45, 7) is 0. The van der Waals surface area contributed by atoms with E-state index in [1.54, 1.807) is 0 Å². The largest absolute Gasteiger partial charge is 0.366 e. The minimum Gasteiger partial charge on any atom is -0.366 e. The molecule has 1 N–H and O–H groups in total. The Labute approximate surface area is 123 Å². The third-order valence-electron chi connectivity index (χ3n) is 2.98. The first-order chi connectivity index (χ1) is 10.2. The quantitative estimate of drug-likeness (QED) is 0.489. The second-order valence-electron chi connectivity index (χ2n) is 4.65. The maximum absolute atomic E-state index is 11.6. The lowest BCUT2D eigenvalue weighted by Crippen LogP contribution is -2.22. The number of nitrogens with zero attached hydrogens (tertiary/aromatic N) is 3. The summed E-state index contributed by atoms with van der Waals surface area (Å²) in [5.74, 6) is -1.44. The average molecular weight is 306 g/mol. The number of anilines is 1. The number of rotatable bonds is 4. The summed E-state index contributed by atoms with van der Waals surface area (Å²) < 4.78 is 0. The first kappa shape index (κ1) is 15.1. The molecular weight excluding hydrogens is 296 g/mol. The number of hydrogen-bond acceptors (Lipinski definition) is 7. The zero-order valence-corrected chi connectivity index (χ0v) is 11.5. The highest BCUT2D eigenvalue weighted by atomic mass is 16.6. The van der Waals surface area contributed by atoms with Gasteiger partial charge in [0.05, 0.1) is 15.4 Å². The Kier molecular flexibility index (Phi) is 3.59. The number of hydrogen-bond donors (Lipinski definition) is 1. The number of carbonyl (C=O) groups excluding carboxylic acids is 2. The molecule has 10 nitrogen and oxygen atoms in total. The molecule has 2 amide bonds. The highest BCUT2D eigenvalue weighted by molar-refractivity contribution is 6.33. The molecule has 114 valence electrons. The van der Waals surface area contributed by atoms with Crippen molar-refractivity contribution in [3.63, 3.8) is 0 Å². The van der Waals surface area contributed by atoms with E-state index in [-0.39, 0.29) is 16.8 Å². The number of nitro groups is 2. The van der Waals surface area contributed by atoms with Gasteiger partial charge in [-0.1, -0.05) is 0 Å². The summed E-state index contributed by atoms with van der Waals surface area (Å²) in [7, 11) is 2.86. The molecule has 1 heterocycles. The van der Waals surface area contributed by atoms with Gasteiger partial charge < -0.3 is 4.90 Å². The summed E-state index contributed by atoms with van der Waals surface area (Å²) in [5.41, 5.74) is -1.46. The van der Waals surface area contributed by atoms with Crippen molar-refractivity contribution in [2.24, 2.45) is 0 Å². The fourth-order valence-corrected chi connectivity index (χ4v) is 2.12. The number of benzene rings is 1. The second-order valence-corrected chi connectivity index (χ2v) is 4.65. The van der Waals surface area contributed by atoms with Crippen LogP contribution in [0.25, 0.3) is 5.57 Å². The van der Waals surface area contributed by atoms with Crippen LogP contribution >= 0.6 is 0 Å². The lowest BCUT2D eigenvalue weighted by Gasteiger charge is -2.14. The molecule has 0 saturated carbocycles. The molecule has 0 aromatic heterocycles. The first-order valence-corrected chi connectivity index (χ1v) is 5.94. The van der Waals surface area contributed by atoms with Crippen molar-refractivity contribution in [1.82, 2.24) is 5.32 Å². The van der Waals surface area contributed by atoms with E-state index in [0.717, 1.165) is 18.2 Å². The molecule has 10 heteroatoms. The van der Waals surface area contributed by atoms with E-state index in [1.807, 2.05) is 5.32 Å². The second kappa shape index (κ2) is 5.24. The SMILES string of the molecule is CN(C)c1c([N+](=O)[O-])cc(C2=CC(=O)NC2=O)cc1[N+](=O)[O-]. The molecule has 0 fully saturated rings. The maximum Gasteiger partial charge on any atom is 0.300 e. The van der Waals surface area contributed by atoms with E-state index < -0.39 is 33.0 Å². The van der Waals surface area contributed by atoms with Gasteiger partial charge in [0.15, 0.2) is 5.69 Å². The Bertz CT molecular complexity index is 717. The van der Waals surface area contributed by atoms with Crippen LogP contribution in [0, 0.1) is 20.2 Å². The van der Waals surface area contributed by atoms with Crippen LogP contribution in [0.15, 0.2) is 18.2 Å². The molecule has 0 atom stereocenters. The summed E-state index contributed by atoms with van der Waals surface area (Å²) in [6.07, 6.45) is 0.945. The summed E-state index contributed by atoms with van der Waals surface area (Å²) in [4.78, 5) is 44.8. The maximum atomic E-state index is 11.6. The van der Waals surface area contributed by atoms with E-state index in [9.17, 15) is 29.8 Å². The van der Waals surface area contributed by atoms with Crippen molar-refractivity contribution < 1.29 is 19.4 Å². The highest BCUT2D eigenvalue weighted by Crippen LogP contribution is 2.39. The van der Waals surface area contributed by atoms with Crippen molar-refractivity contribution >= 4 is 34.4 Å². The monoisotopic (exact) mass is 306 g/mol. The van der Waals surface area contributed by atoms with Gasteiger partial charge in [0.2, 0.25) is 0 Å². The number of nitrogens with one attached hydrogen (secondary N) is 1. The average Bonchev–Trinajstić information content (AvgIpc) is 2.75. The zero-order chi connectivity index (χ0) is 16.6. The van der Waals surface area contributed by atoms with Crippen molar-refractivity contribution in [2.75, 3.05) is 19.0 Å². The van der Waals surface area contributed by atoms with Crippen molar-refractivity contribution in [2.45, 2.75) is 0 Å². The minimum atomic E-state index is -0.777. The molecule has 2 rings (SSSR count). The molecule has 0 unspecified atom stereocenters. The van der Waals surface area contributed by atoms with Crippen LogP contribution in [-0.2, 0) is 9.59 Å². The normalized spacial score (nSPS) is 13.6. The van der Waals surface area contributed by atoms with E-state index in [1.165, 1.54) is 19.0 Å². The molecular formula is C12H10N4O6.